The maximum atomic E-state index is 12.3. The molecule has 0 aliphatic rings. The number of hydrogen-bond acceptors (Lipinski definition) is 5. The number of carbonyl (C=O) groups is 1. The van der Waals surface area contributed by atoms with E-state index in [2.05, 4.69) is 15.2 Å². The van der Waals surface area contributed by atoms with Crippen LogP contribution in [-0.2, 0) is 18.4 Å². The molecule has 0 spiro atoms. The number of benzene rings is 1. The first kappa shape index (κ1) is 17.2. The zero-order valence-electron chi connectivity index (χ0n) is 14.2. The summed E-state index contributed by atoms with van der Waals surface area (Å²) in [6.45, 7) is 0.599. The number of rotatable bonds is 6. The van der Waals surface area contributed by atoms with E-state index in [1.165, 1.54) is 11.8 Å². The van der Waals surface area contributed by atoms with E-state index in [4.69, 9.17) is 0 Å². The summed E-state index contributed by atoms with van der Waals surface area (Å²) in [6.07, 6.45) is 3.44. The third kappa shape index (κ3) is 4.24. The Morgan fingerprint density at radius 1 is 1.12 bits per heavy atom. The van der Waals surface area contributed by atoms with Crippen LogP contribution >= 0.6 is 11.8 Å². The molecule has 0 radical (unpaired) electrons. The molecule has 1 amide bonds. The molecule has 0 unspecified atom stereocenters. The molecule has 0 N–H and O–H groups in total. The van der Waals surface area contributed by atoms with Crippen molar-refractivity contribution < 1.29 is 4.79 Å². The van der Waals surface area contributed by atoms with E-state index >= 15 is 0 Å². The topological polar surface area (TPSA) is 63.9 Å². The number of thioether (sulfide) groups is 1. The van der Waals surface area contributed by atoms with E-state index in [0.29, 0.717) is 17.5 Å². The molecule has 2 heterocycles. The Morgan fingerprint density at radius 2 is 1.84 bits per heavy atom. The lowest BCUT2D eigenvalue weighted by Gasteiger charge is -2.16. The molecule has 1 aromatic carbocycles. The van der Waals surface area contributed by atoms with Gasteiger partial charge in [0.05, 0.1) is 5.75 Å². The fraction of sp³-hybridized carbons (Fsp3) is 0.222. The van der Waals surface area contributed by atoms with Crippen molar-refractivity contribution >= 4 is 17.7 Å². The van der Waals surface area contributed by atoms with Crippen LogP contribution < -0.4 is 0 Å². The van der Waals surface area contributed by atoms with Gasteiger partial charge in [0.1, 0.15) is 0 Å². The van der Waals surface area contributed by atoms with Crippen LogP contribution in [0.15, 0.2) is 60.0 Å². The van der Waals surface area contributed by atoms with Crippen LogP contribution in [0, 0.1) is 0 Å². The molecule has 0 aliphatic carbocycles. The SMILES string of the molecule is CN(Cc1ccccc1)C(=O)CSc1nnc(-c2ccncc2)n1C. The highest BCUT2D eigenvalue weighted by Gasteiger charge is 2.15. The Balaban J connectivity index is 1.60. The minimum Gasteiger partial charge on any atom is -0.341 e. The van der Waals surface area contributed by atoms with E-state index in [-0.39, 0.29) is 5.91 Å². The number of aromatic nitrogens is 4. The Bertz CT molecular complexity index is 835. The largest absolute Gasteiger partial charge is 0.341 e. The van der Waals surface area contributed by atoms with Crippen LogP contribution in [0.4, 0.5) is 0 Å². The van der Waals surface area contributed by atoms with Gasteiger partial charge in [-0.1, -0.05) is 42.1 Å². The summed E-state index contributed by atoms with van der Waals surface area (Å²) < 4.78 is 1.89. The summed E-state index contributed by atoms with van der Waals surface area (Å²) in [6, 6.07) is 13.7. The molecule has 3 aromatic rings. The van der Waals surface area contributed by atoms with Crippen molar-refractivity contribution in [2.45, 2.75) is 11.7 Å². The molecule has 0 fully saturated rings. The third-order valence-electron chi connectivity index (χ3n) is 3.79. The minimum atomic E-state index is 0.0577. The Labute approximate surface area is 150 Å². The molecule has 0 saturated heterocycles. The van der Waals surface area contributed by atoms with Gasteiger partial charge in [0.25, 0.3) is 0 Å². The van der Waals surface area contributed by atoms with Crippen LogP contribution in [0.3, 0.4) is 0 Å². The lowest BCUT2D eigenvalue weighted by atomic mass is 10.2. The van der Waals surface area contributed by atoms with Crippen molar-refractivity contribution in [2.75, 3.05) is 12.8 Å². The van der Waals surface area contributed by atoms with Crippen molar-refractivity contribution in [3.8, 4) is 11.4 Å². The summed E-state index contributed by atoms with van der Waals surface area (Å²) in [5, 5.41) is 9.12. The van der Waals surface area contributed by atoms with Gasteiger partial charge >= 0.3 is 0 Å². The first-order chi connectivity index (χ1) is 12.1. The molecular formula is C18H19N5OS. The molecule has 25 heavy (non-hydrogen) atoms. The lowest BCUT2D eigenvalue weighted by molar-refractivity contribution is -0.127. The first-order valence-electron chi connectivity index (χ1n) is 7.85. The van der Waals surface area contributed by atoms with E-state index in [0.717, 1.165) is 17.0 Å². The van der Waals surface area contributed by atoms with Crippen molar-refractivity contribution in [3.05, 3.63) is 60.4 Å². The Hall–Kier alpha value is -2.67. The third-order valence-corrected chi connectivity index (χ3v) is 4.79. The van der Waals surface area contributed by atoms with Crippen LogP contribution in [0.1, 0.15) is 5.56 Å². The molecule has 6 nitrogen and oxygen atoms in total. The molecule has 0 atom stereocenters. The predicted octanol–water partition coefficient (Wildman–Crippen LogP) is 2.63. The summed E-state index contributed by atoms with van der Waals surface area (Å²) in [5.41, 5.74) is 2.06. The molecule has 0 bridgehead atoms. The maximum Gasteiger partial charge on any atom is 0.233 e. The highest BCUT2D eigenvalue weighted by atomic mass is 32.2. The zero-order valence-corrected chi connectivity index (χ0v) is 15.0. The fourth-order valence-electron chi connectivity index (χ4n) is 2.37. The minimum absolute atomic E-state index is 0.0577. The van der Waals surface area contributed by atoms with Gasteiger partial charge in [-0.25, -0.2) is 0 Å². The first-order valence-corrected chi connectivity index (χ1v) is 8.84. The molecule has 7 heteroatoms. The Morgan fingerprint density at radius 3 is 2.56 bits per heavy atom. The summed E-state index contributed by atoms with van der Waals surface area (Å²) in [4.78, 5) is 18.1. The van der Waals surface area contributed by atoms with Gasteiger partial charge in [-0.3, -0.25) is 9.78 Å². The lowest BCUT2D eigenvalue weighted by Crippen LogP contribution is -2.27. The molecule has 0 saturated carbocycles. The van der Waals surface area contributed by atoms with Crippen LogP contribution in [0.2, 0.25) is 0 Å². The van der Waals surface area contributed by atoms with E-state index in [1.807, 2.05) is 61.1 Å². The second kappa shape index (κ2) is 7.94. The quantitative estimate of drug-likeness (QED) is 0.638. The number of nitrogens with zero attached hydrogens (tertiary/aromatic N) is 5. The molecular weight excluding hydrogens is 334 g/mol. The number of pyridine rings is 1. The standard InChI is InChI=1S/C18H19N5OS/c1-22(12-14-6-4-3-5-7-14)16(24)13-25-18-21-20-17(23(18)2)15-8-10-19-11-9-15/h3-11H,12-13H2,1-2H3. The summed E-state index contributed by atoms with van der Waals surface area (Å²) in [7, 11) is 3.71. The molecule has 0 aliphatic heterocycles. The van der Waals surface area contributed by atoms with E-state index in [9.17, 15) is 4.79 Å². The average Bonchev–Trinajstić information content (AvgIpc) is 3.02. The van der Waals surface area contributed by atoms with Gasteiger partial charge in [-0.05, 0) is 17.7 Å². The van der Waals surface area contributed by atoms with E-state index in [1.54, 1.807) is 17.3 Å². The second-order valence-electron chi connectivity index (χ2n) is 5.63. The number of amides is 1. The number of hydrogen-bond donors (Lipinski definition) is 0. The predicted molar refractivity (Wildman–Crippen MR) is 97.9 cm³/mol. The van der Waals surface area contributed by atoms with Crippen molar-refractivity contribution in [3.63, 3.8) is 0 Å². The molecule has 128 valence electrons. The van der Waals surface area contributed by atoms with Gasteiger partial charge < -0.3 is 9.47 Å². The normalized spacial score (nSPS) is 10.6. The highest BCUT2D eigenvalue weighted by molar-refractivity contribution is 7.99. The van der Waals surface area contributed by atoms with Crippen LogP contribution in [0.5, 0.6) is 0 Å². The van der Waals surface area contributed by atoms with Gasteiger partial charge in [0.2, 0.25) is 5.91 Å². The zero-order chi connectivity index (χ0) is 17.6. The summed E-state index contributed by atoms with van der Waals surface area (Å²) >= 11 is 1.39. The van der Waals surface area contributed by atoms with Gasteiger partial charge in [-0.15, -0.1) is 10.2 Å². The highest BCUT2D eigenvalue weighted by Crippen LogP contribution is 2.22. The van der Waals surface area contributed by atoms with Crippen LogP contribution in [-0.4, -0.2) is 43.4 Å². The molecule has 2 aromatic heterocycles. The fourth-order valence-corrected chi connectivity index (χ4v) is 3.23. The van der Waals surface area contributed by atoms with Gasteiger partial charge in [0, 0.05) is 38.6 Å². The second-order valence-corrected chi connectivity index (χ2v) is 6.57. The van der Waals surface area contributed by atoms with Gasteiger partial charge in [-0.2, -0.15) is 0 Å². The van der Waals surface area contributed by atoms with Crippen molar-refractivity contribution in [1.29, 1.82) is 0 Å². The van der Waals surface area contributed by atoms with Crippen molar-refractivity contribution in [1.82, 2.24) is 24.6 Å². The van der Waals surface area contributed by atoms with E-state index < -0.39 is 0 Å². The average molecular weight is 353 g/mol. The molecule has 3 rings (SSSR count). The monoisotopic (exact) mass is 353 g/mol. The van der Waals surface area contributed by atoms with Crippen molar-refractivity contribution in [2.24, 2.45) is 7.05 Å². The van der Waals surface area contributed by atoms with Gasteiger partial charge in [0.15, 0.2) is 11.0 Å². The van der Waals surface area contributed by atoms with Crippen LogP contribution in [0.25, 0.3) is 11.4 Å². The summed E-state index contributed by atoms with van der Waals surface area (Å²) in [5.74, 6) is 1.14. The Kier molecular flexibility index (Phi) is 5.45. The maximum absolute atomic E-state index is 12.3. The smallest absolute Gasteiger partial charge is 0.233 e. The number of carbonyl (C=O) groups excluding carboxylic acids is 1.